The van der Waals surface area contributed by atoms with Crippen LogP contribution in [0.5, 0.6) is 0 Å². The summed E-state index contributed by atoms with van der Waals surface area (Å²) in [6.45, 7) is 1.93. The third kappa shape index (κ3) is 4.20. The first-order valence-corrected chi connectivity index (χ1v) is 7.87. The maximum Gasteiger partial charge on any atom is 0.416 e. The Kier molecular flexibility index (Phi) is 4.94. The zero-order valence-corrected chi connectivity index (χ0v) is 14.2. The van der Waals surface area contributed by atoms with Crippen LogP contribution in [0.15, 0.2) is 48.7 Å². The highest BCUT2D eigenvalue weighted by atomic mass is 35.5. The molecule has 5 nitrogen and oxygen atoms in total. The predicted molar refractivity (Wildman–Crippen MR) is 94.0 cm³/mol. The molecule has 0 amide bonds. The van der Waals surface area contributed by atoms with Crippen LogP contribution in [0.4, 0.5) is 36.3 Å². The first-order chi connectivity index (χ1) is 12.3. The highest BCUT2D eigenvalue weighted by molar-refractivity contribution is 6.33. The predicted octanol–water partition coefficient (Wildman–Crippen LogP) is 5.34. The van der Waals surface area contributed by atoms with Crippen molar-refractivity contribution in [2.45, 2.75) is 13.1 Å². The molecule has 2 aromatic carbocycles. The fourth-order valence-electron chi connectivity index (χ4n) is 2.19. The Labute approximate surface area is 152 Å². The number of hydrogen-bond acceptors (Lipinski definition) is 5. The van der Waals surface area contributed by atoms with E-state index in [1.807, 2.05) is 31.2 Å². The molecule has 0 aliphatic rings. The minimum Gasteiger partial charge on any atom is -0.339 e. The topological polar surface area (TPSA) is 62.7 Å². The highest BCUT2D eigenvalue weighted by Gasteiger charge is 2.31. The van der Waals surface area contributed by atoms with E-state index in [0.29, 0.717) is 5.82 Å². The van der Waals surface area contributed by atoms with Gasteiger partial charge in [-0.15, -0.1) is 5.10 Å². The van der Waals surface area contributed by atoms with E-state index < -0.39 is 11.7 Å². The number of aryl methyl sites for hydroxylation is 1. The number of anilines is 4. The molecule has 0 spiro atoms. The summed E-state index contributed by atoms with van der Waals surface area (Å²) in [7, 11) is 0. The molecule has 1 aromatic heterocycles. The summed E-state index contributed by atoms with van der Waals surface area (Å²) in [4.78, 5) is 4.20. The van der Waals surface area contributed by atoms with Gasteiger partial charge in [0.15, 0.2) is 5.82 Å². The van der Waals surface area contributed by atoms with Gasteiger partial charge < -0.3 is 10.6 Å². The van der Waals surface area contributed by atoms with E-state index in [4.69, 9.17) is 11.6 Å². The van der Waals surface area contributed by atoms with Gasteiger partial charge in [0.05, 0.1) is 22.5 Å². The molecule has 26 heavy (non-hydrogen) atoms. The molecule has 0 atom stereocenters. The average molecular weight is 380 g/mol. The first kappa shape index (κ1) is 17.9. The Morgan fingerprint density at radius 2 is 1.77 bits per heavy atom. The van der Waals surface area contributed by atoms with E-state index in [1.165, 1.54) is 6.20 Å². The minimum atomic E-state index is -4.48. The van der Waals surface area contributed by atoms with Crippen LogP contribution < -0.4 is 10.6 Å². The lowest BCUT2D eigenvalue weighted by atomic mass is 10.2. The van der Waals surface area contributed by atoms with Crippen LogP contribution in [-0.2, 0) is 6.18 Å². The molecule has 0 bridgehead atoms. The second-order valence-corrected chi connectivity index (χ2v) is 5.83. The molecule has 0 aliphatic carbocycles. The molecule has 1 heterocycles. The van der Waals surface area contributed by atoms with E-state index in [1.54, 1.807) is 0 Å². The maximum atomic E-state index is 12.9. The Hall–Kier alpha value is -2.87. The van der Waals surface area contributed by atoms with Crippen molar-refractivity contribution in [3.63, 3.8) is 0 Å². The Morgan fingerprint density at radius 1 is 1.00 bits per heavy atom. The van der Waals surface area contributed by atoms with Crippen LogP contribution in [0.25, 0.3) is 0 Å². The summed E-state index contributed by atoms with van der Waals surface area (Å²) in [5, 5.41) is 13.4. The Balaban J connectivity index is 1.84. The van der Waals surface area contributed by atoms with Gasteiger partial charge in [0, 0.05) is 5.69 Å². The number of benzene rings is 2. The van der Waals surface area contributed by atoms with Gasteiger partial charge in [-0.3, -0.25) is 0 Å². The highest BCUT2D eigenvalue weighted by Crippen LogP contribution is 2.34. The second-order valence-electron chi connectivity index (χ2n) is 5.42. The SMILES string of the molecule is Cc1ccccc1Nc1cnnc(Nc2cc(C(F)(F)F)ccc2Cl)n1. The van der Waals surface area contributed by atoms with E-state index >= 15 is 0 Å². The lowest BCUT2D eigenvalue weighted by molar-refractivity contribution is -0.137. The van der Waals surface area contributed by atoms with Gasteiger partial charge in [-0.25, -0.2) is 0 Å². The number of rotatable bonds is 4. The molecule has 0 saturated carbocycles. The van der Waals surface area contributed by atoms with Crippen molar-refractivity contribution in [3.05, 3.63) is 64.8 Å². The zero-order valence-electron chi connectivity index (χ0n) is 13.5. The van der Waals surface area contributed by atoms with Gasteiger partial charge in [-0.2, -0.15) is 23.3 Å². The van der Waals surface area contributed by atoms with E-state index in [0.717, 1.165) is 29.4 Å². The van der Waals surface area contributed by atoms with E-state index in [9.17, 15) is 13.2 Å². The first-order valence-electron chi connectivity index (χ1n) is 7.49. The summed E-state index contributed by atoms with van der Waals surface area (Å²) < 4.78 is 38.6. The number of aromatic nitrogens is 3. The third-order valence-corrected chi connectivity index (χ3v) is 3.84. The van der Waals surface area contributed by atoms with Crippen LogP contribution in [0.2, 0.25) is 5.02 Å². The molecule has 0 saturated heterocycles. The number of halogens is 4. The molecule has 0 fully saturated rings. The summed E-state index contributed by atoms with van der Waals surface area (Å²) in [5.74, 6) is 0.407. The molecule has 0 aliphatic heterocycles. The number of nitrogens with one attached hydrogen (secondary N) is 2. The Morgan fingerprint density at radius 3 is 2.50 bits per heavy atom. The summed E-state index contributed by atoms with van der Waals surface area (Å²) in [6.07, 6.45) is -3.07. The summed E-state index contributed by atoms with van der Waals surface area (Å²) >= 11 is 5.97. The van der Waals surface area contributed by atoms with E-state index in [2.05, 4.69) is 25.8 Å². The molecular weight excluding hydrogens is 367 g/mol. The lowest BCUT2D eigenvalue weighted by Gasteiger charge is -2.12. The van der Waals surface area contributed by atoms with Crippen LogP contribution in [-0.4, -0.2) is 15.2 Å². The molecule has 0 radical (unpaired) electrons. The van der Waals surface area contributed by atoms with Gasteiger partial charge in [0.1, 0.15) is 0 Å². The number of hydrogen-bond donors (Lipinski definition) is 2. The van der Waals surface area contributed by atoms with Gasteiger partial charge in [-0.05, 0) is 36.8 Å². The summed E-state index contributed by atoms with van der Waals surface area (Å²) in [6, 6.07) is 10.5. The fraction of sp³-hybridized carbons (Fsp3) is 0.118. The standard InChI is InChI=1S/C17H13ClF3N5/c1-10-4-2-3-5-13(10)23-15-9-22-26-16(25-15)24-14-8-11(17(19,20)21)6-7-12(14)18/h2-9H,1H3,(H2,23,24,25,26). The third-order valence-electron chi connectivity index (χ3n) is 3.51. The van der Waals surface area contributed by atoms with Crippen molar-refractivity contribution in [3.8, 4) is 0 Å². The van der Waals surface area contributed by atoms with Gasteiger partial charge in [0.2, 0.25) is 5.95 Å². The van der Waals surface area contributed by atoms with Crippen molar-refractivity contribution in [2.24, 2.45) is 0 Å². The maximum absolute atomic E-state index is 12.9. The van der Waals surface area contributed by atoms with Gasteiger partial charge >= 0.3 is 6.18 Å². The molecule has 3 rings (SSSR count). The fourth-order valence-corrected chi connectivity index (χ4v) is 2.35. The minimum absolute atomic E-state index is 0.0183. The monoisotopic (exact) mass is 379 g/mol. The second kappa shape index (κ2) is 7.17. The molecule has 134 valence electrons. The average Bonchev–Trinajstić information content (AvgIpc) is 2.58. The Bertz CT molecular complexity index is 930. The molecule has 3 aromatic rings. The van der Waals surface area contributed by atoms with Crippen molar-refractivity contribution in [1.29, 1.82) is 0 Å². The van der Waals surface area contributed by atoms with Crippen LogP contribution in [0.1, 0.15) is 11.1 Å². The van der Waals surface area contributed by atoms with Crippen molar-refractivity contribution < 1.29 is 13.2 Å². The number of nitrogens with zero attached hydrogens (tertiary/aromatic N) is 3. The van der Waals surface area contributed by atoms with Gasteiger partial charge in [0.25, 0.3) is 0 Å². The summed E-state index contributed by atoms with van der Waals surface area (Å²) in [5.41, 5.74) is 1.04. The molecule has 2 N–H and O–H groups in total. The van der Waals surface area contributed by atoms with E-state index in [-0.39, 0.29) is 16.7 Å². The van der Waals surface area contributed by atoms with Gasteiger partial charge in [-0.1, -0.05) is 29.8 Å². The van der Waals surface area contributed by atoms with Crippen LogP contribution in [0, 0.1) is 6.92 Å². The quantitative estimate of drug-likeness (QED) is 0.640. The van der Waals surface area contributed by atoms with Crippen LogP contribution in [0.3, 0.4) is 0 Å². The normalized spacial score (nSPS) is 11.3. The zero-order chi connectivity index (χ0) is 18.7. The number of alkyl halides is 3. The lowest BCUT2D eigenvalue weighted by Crippen LogP contribution is -2.07. The van der Waals surface area contributed by atoms with Crippen molar-refractivity contribution in [1.82, 2.24) is 15.2 Å². The van der Waals surface area contributed by atoms with Crippen LogP contribution >= 0.6 is 11.6 Å². The molecule has 9 heteroatoms. The molecule has 0 unspecified atom stereocenters. The number of para-hydroxylation sites is 1. The molecular formula is C17H13ClF3N5. The smallest absolute Gasteiger partial charge is 0.339 e. The largest absolute Gasteiger partial charge is 0.416 e. The van der Waals surface area contributed by atoms with Crippen molar-refractivity contribution >= 4 is 34.7 Å². The van der Waals surface area contributed by atoms with Crippen molar-refractivity contribution in [2.75, 3.05) is 10.6 Å².